The molecule has 0 aliphatic carbocycles. The highest BCUT2D eigenvalue weighted by Crippen LogP contribution is 2.14. The molecule has 0 aromatic rings. The van der Waals surface area contributed by atoms with Crippen LogP contribution in [-0.4, -0.2) is 47.6 Å². The van der Waals surface area contributed by atoms with Gasteiger partial charge < -0.3 is 19.7 Å². The van der Waals surface area contributed by atoms with Gasteiger partial charge in [0.05, 0.1) is 6.10 Å². The van der Waals surface area contributed by atoms with Gasteiger partial charge >= 0.3 is 11.9 Å². The minimum absolute atomic E-state index is 0.151. The Morgan fingerprint density at radius 3 is 1.65 bits per heavy atom. The van der Waals surface area contributed by atoms with Crippen LogP contribution >= 0.6 is 0 Å². The summed E-state index contributed by atoms with van der Waals surface area (Å²) in [5.41, 5.74) is 0. The molecule has 0 saturated carbocycles. The Morgan fingerprint density at radius 2 is 1.08 bits per heavy atom. The number of aliphatic hydroxyl groups excluding tert-OH is 2. The van der Waals surface area contributed by atoms with Crippen LogP contribution in [0.5, 0.6) is 0 Å². The highest BCUT2D eigenvalue weighted by molar-refractivity contribution is 5.70. The fraction of sp³-hybridized carbons (Fsp3) is 0.667. The summed E-state index contributed by atoms with van der Waals surface area (Å²) in [5, 5.41) is 19.8. The summed E-state index contributed by atoms with van der Waals surface area (Å²) in [6.07, 6.45) is 43.0. The first-order valence-corrected chi connectivity index (χ1v) is 19.0. The van der Waals surface area contributed by atoms with Crippen molar-refractivity contribution in [3.05, 3.63) is 72.9 Å². The Bertz CT molecular complexity index is 926. The lowest BCUT2D eigenvalue weighted by molar-refractivity contribution is -0.152. The number of hydrogen-bond donors (Lipinski definition) is 2. The summed E-state index contributed by atoms with van der Waals surface area (Å²) < 4.78 is 10.2. The molecule has 0 spiro atoms. The minimum atomic E-state index is -1.01. The van der Waals surface area contributed by atoms with Crippen LogP contribution in [0.1, 0.15) is 149 Å². The standard InChI is InChI=1S/C42H70O6/c1-4-5-26-32-39(43)33-28-23-19-15-11-7-6-8-12-16-20-24-29-34-41(45)47-36-40(44)37-48-42(46)35-30-25-21-17-13-9-10-14-18-22-27-31-38(2)3/h5,7-8,11-12,19-20,23-24,26,28,33,38-40,43-44H,4,6,9-10,13-18,21-22,25,27,29-32,34-37H2,1-3H3/b11-7-,12-8-,23-19+,24-20-,26-5-,33-28+/t39?,40-/m1/s1. The summed E-state index contributed by atoms with van der Waals surface area (Å²) >= 11 is 0. The molecule has 0 radical (unpaired) electrons. The average Bonchev–Trinajstić information content (AvgIpc) is 3.06. The third-order valence-corrected chi connectivity index (χ3v) is 7.73. The smallest absolute Gasteiger partial charge is 0.306 e. The zero-order valence-corrected chi connectivity index (χ0v) is 30.7. The predicted molar refractivity (Wildman–Crippen MR) is 202 cm³/mol. The Labute approximate surface area is 294 Å². The van der Waals surface area contributed by atoms with Crippen LogP contribution in [-0.2, 0) is 19.1 Å². The largest absolute Gasteiger partial charge is 0.463 e. The van der Waals surface area contributed by atoms with Gasteiger partial charge in [-0.25, -0.2) is 0 Å². The average molecular weight is 671 g/mol. The van der Waals surface area contributed by atoms with E-state index < -0.39 is 12.2 Å². The van der Waals surface area contributed by atoms with Crippen molar-refractivity contribution in [1.82, 2.24) is 0 Å². The Morgan fingerprint density at radius 1 is 0.583 bits per heavy atom. The number of carbonyl (C=O) groups is 2. The topological polar surface area (TPSA) is 93.1 Å². The van der Waals surface area contributed by atoms with Crippen molar-refractivity contribution >= 4 is 11.9 Å². The second-order valence-electron chi connectivity index (χ2n) is 13.0. The highest BCUT2D eigenvalue weighted by Gasteiger charge is 2.11. The van der Waals surface area contributed by atoms with Crippen LogP contribution in [0.2, 0.25) is 0 Å². The van der Waals surface area contributed by atoms with Gasteiger partial charge in [-0.05, 0) is 50.9 Å². The van der Waals surface area contributed by atoms with Gasteiger partial charge in [0.15, 0.2) is 0 Å². The second kappa shape index (κ2) is 35.6. The molecule has 0 saturated heterocycles. The first-order chi connectivity index (χ1) is 23.3. The van der Waals surface area contributed by atoms with Gasteiger partial charge in [-0.15, -0.1) is 0 Å². The molecule has 2 atom stereocenters. The van der Waals surface area contributed by atoms with Crippen molar-refractivity contribution in [2.24, 2.45) is 5.92 Å². The van der Waals surface area contributed by atoms with E-state index in [1.165, 1.54) is 57.8 Å². The maximum absolute atomic E-state index is 11.9. The number of ether oxygens (including phenoxy) is 2. The number of unbranched alkanes of at least 4 members (excludes halogenated alkanes) is 10. The molecule has 1 unspecified atom stereocenters. The molecule has 0 amide bonds. The molecule has 0 fully saturated rings. The number of esters is 2. The predicted octanol–water partition coefficient (Wildman–Crippen LogP) is 10.6. The molecule has 0 bridgehead atoms. The Kier molecular flexibility index (Phi) is 33.6. The molecular formula is C42H70O6. The lowest BCUT2D eigenvalue weighted by Gasteiger charge is -2.12. The fourth-order valence-electron chi connectivity index (χ4n) is 4.85. The van der Waals surface area contributed by atoms with Crippen molar-refractivity contribution < 1.29 is 29.3 Å². The second-order valence-corrected chi connectivity index (χ2v) is 13.0. The molecule has 274 valence electrons. The van der Waals surface area contributed by atoms with Gasteiger partial charge in [0.2, 0.25) is 0 Å². The van der Waals surface area contributed by atoms with E-state index in [2.05, 4.69) is 57.2 Å². The highest BCUT2D eigenvalue weighted by atomic mass is 16.6. The molecule has 0 rings (SSSR count). The maximum Gasteiger partial charge on any atom is 0.306 e. The minimum Gasteiger partial charge on any atom is -0.463 e. The molecule has 0 aliphatic heterocycles. The lowest BCUT2D eigenvalue weighted by atomic mass is 10.0. The summed E-state index contributed by atoms with van der Waals surface area (Å²) in [7, 11) is 0. The van der Waals surface area contributed by atoms with E-state index in [4.69, 9.17) is 9.47 Å². The van der Waals surface area contributed by atoms with Crippen LogP contribution in [0.15, 0.2) is 72.9 Å². The third kappa shape index (κ3) is 36.1. The molecule has 48 heavy (non-hydrogen) atoms. The number of aliphatic hydroxyl groups is 2. The molecule has 0 aromatic heterocycles. The van der Waals surface area contributed by atoms with Crippen molar-refractivity contribution in [3.63, 3.8) is 0 Å². The van der Waals surface area contributed by atoms with E-state index in [0.717, 1.165) is 50.9 Å². The quantitative estimate of drug-likeness (QED) is 0.0320. The first-order valence-electron chi connectivity index (χ1n) is 19.0. The molecule has 0 heterocycles. The van der Waals surface area contributed by atoms with Gasteiger partial charge in [0, 0.05) is 12.8 Å². The molecule has 0 aromatic carbocycles. The van der Waals surface area contributed by atoms with Gasteiger partial charge in [-0.2, -0.15) is 0 Å². The van der Waals surface area contributed by atoms with Crippen molar-refractivity contribution in [3.8, 4) is 0 Å². The number of rotatable bonds is 32. The van der Waals surface area contributed by atoms with Crippen LogP contribution in [0.25, 0.3) is 0 Å². The summed E-state index contributed by atoms with van der Waals surface area (Å²) in [6.45, 7) is 6.35. The molecule has 2 N–H and O–H groups in total. The molecular weight excluding hydrogens is 600 g/mol. The van der Waals surface area contributed by atoms with E-state index in [-0.39, 0.29) is 31.6 Å². The summed E-state index contributed by atoms with van der Waals surface area (Å²) in [6, 6.07) is 0. The normalized spacial score (nSPS) is 13.8. The molecule has 6 heteroatoms. The summed E-state index contributed by atoms with van der Waals surface area (Å²) in [4.78, 5) is 23.9. The van der Waals surface area contributed by atoms with E-state index in [1.807, 2.05) is 30.4 Å². The molecule has 0 aliphatic rings. The maximum atomic E-state index is 11.9. The number of carbonyl (C=O) groups excluding carboxylic acids is 2. The van der Waals surface area contributed by atoms with Crippen LogP contribution < -0.4 is 0 Å². The number of allylic oxidation sites excluding steroid dienone is 10. The SMILES string of the molecule is CC/C=C\CC(O)/C=C/C=C/C/C=C\C/C=C\C/C=C\CCC(=O)OC[C@@H](O)COC(=O)CCCCCCCCCCCCCC(C)C. The van der Waals surface area contributed by atoms with Crippen molar-refractivity contribution in [1.29, 1.82) is 0 Å². The van der Waals surface area contributed by atoms with E-state index in [1.54, 1.807) is 6.08 Å². The zero-order chi connectivity index (χ0) is 35.3. The Balaban J connectivity index is 3.65. The third-order valence-electron chi connectivity index (χ3n) is 7.73. The van der Waals surface area contributed by atoms with E-state index >= 15 is 0 Å². The first kappa shape index (κ1) is 45.3. The van der Waals surface area contributed by atoms with Gasteiger partial charge in [-0.1, -0.05) is 164 Å². The summed E-state index contributed by atoms with van der Waals surface area (Å²) in [5.74, 6) is 0.141. The van der Waals surface area contributed by atoms with Crippen molar-refractivity contribution in [2.75, 3.05) is 13.2 Å². The monoisotopic (exact) mass is 671 g/mol. The molecule has 6 nitrogen and oxygen atoms in total. The van der Waals surface area contributed by atoms with Crippen LogP contribution in [0.4, 0.5) is 0 Å². The van der Waals surface area contributed by atoms with Gasteiger partial charge in [0.25, 0.3) is 0 Å². The van der Waals surface area contributed by atoms with Gasteiger partial charge in [0.1, 0.15) is 19.3 Å². The van der Waals surface area contributed by atoms with Crippen LogP contribution in [0, 0.1) is 5.92 Å². The zero-order valence-electron chi connectivity index (χ0n) is 30.7. The van der Waals surface area contributed by atoms with E-state index in [0.29, 0.717) is 19.3 Å². The van der Waals surface area contributed by atoms with Crippen molar-refractivity contribution in [2.45, 2.75) is 161 Å². The van der Waals surface area contributed by atoms with Gasteiger partial charge in [-0.3, -0.25) is 9.59 Å². The Hall–Kier alpha value is -2.70. The van der Waals surface area contributed by atoms with Crippen LogP contribution in [0.3, 0.4) is 0 Å². The number of hydrogen-bond acceptors (Lipinski definition) is 6. The van der Waals surface area contributed by atoms with E-state index in [9.17, 15) is 19.8 Å². The lowest BCUT2D eigenvalue weighted by Crippen LogP contribution is -2.25. The fourth-order valence-corrected chi connectivity index (χ4v) is 4.85.